The van der Waals surface area contributed by atoms with Crippen LogP contribution in [0.25, 0.3) is 0 Å². The zero-order valence-electron chi connectivity index (χ0n) is 24.5. The van der Waals surface area contributed by atoms with Gasteiger partial charge in [-0.1, -0.05) is 64.4 Å². The van der Waals surface area contributed by atoms with Crippen LogP contribution >= 0.6 is 0 Å². The average molecular weight is 543 g/mol. The van der Waals surface area contributed by atoms with Crippen LogP contribution in [0.4, 0.5) is 0 Å². The number of hydrogen-bond donors (Lipinski definition) is 1. The van der Waals surface area contributed by atoms with Crippen LogP contribution in [0.5, 0.6) is 0 Å². The van der Waals surface area contributed by atoms with Gasteiger partial charge in [-0.2, -0.15) is 0 Å². The number of methoxy groups -OCH3 is 1. The number of carbonyl (C=O) groups is 3. The number of hydrogen-bond acceptors (Lipinski definition) is 6. The summed E-state index contributed by atoms with van der Waals surface area (Å²) in [6.45, 7) is 12.3. The minimum atomic E-state index is -1.20. The molecule has 8 nitrogen and oxygen atoms in total. The maximum Gasteiger partial charge on any atom is 0.320 e. The fourth-order valence-electron chi connectivity index (χ4n) is 5.42. The second kappa shape index (κ2) is 13.6. The fraction of sp³-hybridized carbons (Fsp3) is 0.645. The van der Waals surface area contributed by atoms with Crippen LogP contribution in [0, 0.1) is 16.7 Å². The Morgan fingerprint density at radius 3 is 2.49 bits per heavy atom. The van der Waals surface area contributed by atoms with Crippen molar-refractivity contribution >= 4 is 17.8 Å². The Hall–Kier alpha value is -2.71. The van der Waals surface area contributed by atoms with Crippen LogP contribution in [-0.2, 0) is 35.1 Å². The van der Waals surface area contributed by atoms with E-state index in [9.17, 15) is 14.4 Å². The molecule has 0 aromatic heterocycles. The first kappa shape index (κ1) is 30.8. The Labute approximate surface area is 233 Å². The van der Waals surface area contributed by atoms with E-state index in [1.807, 2.05) is 43.3 Å². The van der Waals surface area contributed by atoms with Gasteiger partial charge in [0.25, 0.3) is 0 Å². The van der Waals surface area contributed by atoms with E-state index in [0.29, 0.717) is 31.8 Å². The van der Waals surface area contributed by atoms with Crippen molar-refractivity contribution in [1.29, 1.82) is 0 Å². The number of benzene rings is 1. The van der Waals surface area contributed by atoms with Crippen molar-refractivity contribution in [3.05, 3.63) is 47.7 Å². The summed E-state index contributed by atoms with van der Waals surface area (Å²) >= 11 is 0. The molecule has 1 fully saturated rings. The van der Waals surface area contributed by atoms with Crippen LogP contribution in [0.3, 0.4) is 0 Å². The quantitative estimate of drug-likeness (QED) is 0.306. The van der Waals surface area contributed by atoms with Gasteiger partial charge in [-0.15, -0.1) is 0 Å². The first-order valence-electron chi connectivity index (χ1n) is 14.2. The Balaban J connectivity index is 1.88. The zero-order valence-corrected chi connectivity index (χ0v) is 24.5. The number of piperidine rings is 1. The lowest BCUT2D eigenvalue weighted by atomic mass is 9.65. The van der Waals surface area contributed by atoms with E-state index in [1.54, 1.807) is 4.90 Å². The van der Waals surface area contributed by atoms with Crippen LogP contribution in [0.1, 0.15) is 72.3 Å². The summed E-state index contributed by atoms with van der Waals surface area (Å²) in [6, 6.07) is 9.68. The fourth-order valence-corrected chi connectivity index (χ4v) is 5.42. The van der Waals surface area contributed by atoms with Crippen LogP contribution < -0.4 is 5.32 Å². The average Bonchev–Trinajstić information content (AvgIpc) is 2.90. The van der Waals surface area contributed by atoms with Crippen molar-refractivity contribution in [2.24, 2.45) is 16.7 Å². The first-order chi connectivity index (χ1) is 18.5. The summed E-state index contributed by atoms with van der Waals surface area (Å²) in [5, 5.41) is 2.92. The molecule has 0 radical (unpaired) electrons. The van der Waals surface area contributed by atoms with Gasteiger partial charge in [-0.05, 0) is 43.2 Å². The van der Waals surface area contributed by atoms with Gasteiger partial charge < -0.3 is 24.4 Å². The largest absolute Gasteiger partial charge is 0.468 e. The molecule has 2 heterocycles. The molecule has 1 aromatic rings. The number of unbranched alkanes of at least 4 members (excludes halogenated alkanes) is 1. The highest BCUT2D eigenvalue weighted by atomic mass is 16.5. The van der Waals surface area contributed by atoms with Crippen molar-refractivity contribution in [3.8, 4) is 0 Å². The molecule has 1 saturated heterocycles. The Bertz CT molecular complexity index is 1020. The van der Waals surface area contributed by atoms with E-state index in [-0.39, 0.29) is 36.2 Å². The standard InChI is InChI=1S/C31H46N2O6/c1-7-8-16-38-17-12-15-32-27(34)18-24-20-31(29(36)37-6)22(2)39-26(30(3,4)5)19-25(31)33(28(24)35)21-23-13-10-9-11-14-23/h9-11,13-14,19,22,24,26H,7-8,12,15-18,20-21H2,1-6H3,(H,32,34)/t22-,24+,26-,31+/m1/s1. The van der Waals surface area contributed by atoms with Crippen molar-refractivity contribution < 1.29 is 28.6 Å². The van der Waals surface area contributed by atoms with E-state index in [1.165, 1.54) is 7.11 Å². The smallest absolute Gasteiger partial charge is 0.320 e. The van der Waals surface area contributed by atoms with Crippen molar-refractivity contribution in [1.82, 2.24) is 10.2 Å². The van der Waals surface area contributed by atoms with Gasteiger partial charge in [0.15, 0.2) is 0 Å². The molecular formula is C31H46N2O6. The third-order valence-electron chi connectivity index (χ3n) is 7.73. The topological polar surface area (TPSA) is 94.2 Å². The number of esters is 1. The van der Waals surface area contributed by atoms with Crippen LogP contribution in [-0.4, -0.2) is 61.8 Å². The summed E-state index contributed by atoms with van der Waals surface area (Å²) in [6.07, 6.45) is 4.02. The monoisotopic (exact) mass is 542 g/mol. The SMILES string of the molecule is CCCCOCCCNC(=O)C[C@H]1C[C@@]2(C(=O)OC)C(=C[C@H](C(C)(C)C)O[C@@H]2C)N(Cc2ccccc2)C1=O. The summed E-state index contributed by atoms with van der Waals surface area (Å²) in [4.78, 5) is 42.2. The van der Waals surface area contributed by atoms with E-state index >= 15 is 0 Å². The minimum absolute atomic E-state index is 0.0116. The number of nitrogens with zero attached hydrogens (tertiary/aromatic N) is 1. The molecule has 216 valence electrons. The summed E-state index contributed by atoms with van der Waals surface area (Å²) in [5.74, 6) is -1.52. The maximum atomic E-state index is 14.0. The molecule has 0 bridgehead atoms. The molecule has 4 atom stereocenters. The number of likely N-dealkylation sites (tertiary alicyclic amines) is 1. The molecule has 2 aliphatic rings. The van der Waals surface area contributed by atoms with Gasteiger partial charge in [-0.25, -0.2) is 0 Å². The molecular weight excluding hydrogens is 496 g/mol. The van der Waals surface area contributed by atoms with Gasteiger partial charge in [0.1, 0.15) is 5.41 Å². The molecule has 0 saturated carbocycles. The number of amides is 2. The van der Waals surface area contributed by atoms with Crippen molar-refractivity contribution in [2.75, 3.05) is 26.9 Å². The van der Waals surface area contributed by atoms with Gasteiger partial charge in [0.2, 0.25) is 11.8 Å². The minimum Gasteiger partial charge on any atom is -0.468 e. The molecule has 0 spiro atoms. The highest BCUT2D eigenvalue weighted by molar-refractivity contribution is 5.92. The maximum absolute atomic E-state index is 14.0. The second-order valence-corrected chi connectivity index (χ2v) is 11.8. The summed E-state index contributed by atoms with van der Waals surface area (Å²) in [5.41, 5.74) is 0.104. The van der Waals surface area contributed by atoms with E-state index in [0.717, 1.165) is 25.0 Å². The molecule has 3 rings (SSSR count). The highest BCUT2D eigenvalue weighted by Gasteiger charge is 2.60. The van der Waals surface area contributed by atoms with E-state index in [2.05, 4.69) is 33.0 Å². The number of fused-ring (bicyclic) bond motifs is 1. The summed E-state index contributed by atoms with van der Waals surface area (Å²) in [7, 11) is 1.36. The highest BCUT2D eigenvalue weighted by Crippen LogP contribution is 2.52. The van der Waals surface area contributed by atoms with Crippen molar-refractivity contribution in [3.63, 3.8) is 0 Å². The lowest BCUT2D eigenvalue weighted by molar-refractivity contribution is -0.180. The predicted octanol–water partition coefficient (Wildman–Crippen LogP) is 4.62. The lowest BCUT2D eigenvalue weighted by Gasteiger charge is -2.53. The Morgan fingerprint density at radius 2 is 1.85 bits per heavy atom. The van der Waals surface area contributed by atoms with Crippen LogP contribution in [0.2, 0.25) is 0 Å². The third-order valence-corrected chi connectivity index (χ3v) is 7.73. The van der Waals surface area contributed by atoms with Gasteiger partial charge in [0.05, 0.1) is 25.9 Å². The zero-order chi connectivity index (χ0) is 28.6. The van der Waals surface area contributed by atoms with Gasteiger partial charge in [0, 0.05) is 37.8 Å². The van der Waals surface area contributed by atoms with Gasteiger partial charge >= 0.3 is 5.97 Å². The molecule has 1 N–H and O–H groups in total. The normalized spacial score (nSPS) is 25.1. The second-order valence-electron chi connectivity index (χ2n) is 11.8. The molecule has 39 heavy (non-hydrogen) atoms. The number of carbonyl (C=O) groups excluding carboxylic acids is 3. The molecule has 1 aromatic carbocycles. The first-order valence-corrected chi connectivity index (χ1v) is 14.2. The molecule has 2 amide bonds. The van der Waals surface area contributed by atoms with Gasteiger partial charge in [-0.3, -0.25) is 14.4 Å². The van der Waals surface area contributed by atoms with Crippen molar-refractivity contribution in [2.45, 2.75) is 85.5 Å². The third kappa shape index (κ3) is 7.28. The Kier molecular flexibility index (Phi) is 10.7. The predicted molar refractivity (Wildman–Crippen MR) is 149 cm³/mol. The van der Waals surface area contributed by atoms with E-state index < -0.39 is 23.4 Å². The van der Waals surface area contributed by atoms with E-state index in [4.69, 9.17) is 14.2 Å². The molecule has 0 aliphatic carbocycles. The number of nitrogens with one attached hydrogen (secondary N) is 1. The van der Waals surface area contributed by atoms with Crippen LogP contribution in [0.15, 0.2) is 42.1 Å². The number of rotatable bonds is 12. The molecule has 2 aliphatic heterocycles. The molecule has 0 unspecified atom stereocenters. The Morgan fingerprint density at radius 1 is 1.15 bits per heavy atom. The summed E-state index contributed by atoms with van der Waals surface area (Å²) < 4.78 is 17.3. The molecule has 8 heteroatoms. The number of ether oxygens (including phenoxy) is 3. The lowest BCUT2D eigenvalue weighted by Crippen LogP contribution is -2.61.